The predicted octanol–water partition coefficient (Wildman–Crippen LogP) is 5.39. The van der Waals surface area contributed by atoms with E-state index in [1.165, 1.54) is 12.1 Å². The summed E-state index contributed by atoms with van der Waals surface area (Å²) in [5, 5.41) is 20.0. The Morgan fingerprint density at radius 3 is 2.77 bits per heavy atom. The summed E-state index contributed by atoms with van der Waals surface area (Å²) >= 11 is 5.92. The molecule has 1 saturated heterocycles. The van der Waals surface area contributed by atoms with E-state index in [9.17, 15) is 18.7 Å². The van der Waals surface area contributed by atoms with Gasteiger partial charge in [-0.2, -0.15) is 5.10 Å². The summed E-state index contributed by atoms with van der Waals surface area (Å²) in [6, 6.07) is 7.86. The second-order valence-corrected chi connectivity index (χ2v) is 9.80. The molecule has 186 valence electrons. The van der Waals surface area contributed by atoms with Crippen LogP contribution in [0.4, 0.5) is 20.4 Å². The number of carbonyl (C=O) groups is 1. The van der Waals surface area contributed by atoms with Gasteiger partial charge in [-0.1, -0.05) is 23.7 Å². The van der Waals surface area contributed by atoms with E-state index in [-0.39, 0.29) is 23.3 Å². The van der Waals surface area contributed by atoms with E-state index in [0.717, 1.165) is 5.69 Å². The second kappa shape index (κ2) is 9.91. The first-order valence-corrected chi connectivity index (χ1v) is 11.8. The zero-order valence-corrected chi connectivity index (χ0v) is 20.6. The molecule has 1 aliphatic rings. The number of hydrogen-bond donors (Lipinski definition) is 3. The molecule has 1 aliphatic heterocycles. The molecule has 2 atom stereocenters. The van der Waals surface area contributed by atoms with Crippen LogP contribution < -0.4 is 5.32 Å². The predicted molar refractivity (Wildman–Crippen MR) is 130 cm³/mol. The third-order valence-corrected chi connectivity index (χ3v) is 7.07. The van der Waals surface area contributed by atoms with Crippen molar-refractivity contribution in [3.63, 3.8) is 0 Å². The third kappa shape index (κ3) is 5.31. The number of hydrogen-bond acceptors (Lipinski definition) is 5. The van der Waals surface area contributed by atoms with Gasteiger partial charge in [0.2, 0.25) is 0 Å². The summed E-state index contributed by atoms with van der Waals surface area (Å²) in [6.07, 6.45) is 0.867. The van der Waals surface area contributed by atoms with E-state index in [0.29, 0.717) is 48.6 Å². The molecular formula is C25H28ClF2N5O2. The average Bonchev–Trinajstić information content (AvgIpc) is 3.21. The van der Waals surface area contributed by atoms with Gasteiger partial charge in [0.15, 0.2) is 17.5 Å². The SMILES string of the molecule is Cc1cc(Nc2nc(C[C@@]3(C(=O)O)CCN(Cc4cccc(Cl)c4F)[C@H](C)C3)c(C)cc2F)n[nH]1. The molecule has 0 amide bonds. The highest BCUT2D eigenvalue weighted by molar-refractivity contribution is 6.30. The normalized spacial score (nSPS) is 20.7. The molecular weight excluding hydrogens is 476 g/mol. The van der Waals surface area contributed by atoms with Gasteiger partial charge >= 0.3 is 5.97 Å². The fourth-order valence-corrected chi connectivity index (χ4v) is 4.93. The van der Waals surface area contributed by atoms with Gasteiger partial charge in [0, 0.05) is 42.0 Å². The van der Waals surface area contributed by atoms with E-state index in [2.05, 4.69) is 25.4 Å². The van der Waals surface area contributed by atoms with Gasteiger partial charge in [0.25, 0.3) is 0 Å². The number of pyridine rings is 1. The fraction of sp³-hybridized carbons (Fsp3) is 0.400. The molecule has 0 radical (unpaired) electrons. The van der Waals surface area contributed by atoms with Gasteiger partial charge in [0.1, 0.15) is 5.82 Å². The first kappa shape index (κ1) is 25.1. The number of piperidine rings is 1. The number of aromatic amines is 1. The zero-order valence-electron chi connectivity index (χ0n) is 19.8. The average molecular weight is 504 g/mol. The monoisotopic (exact) mass is 503 g/mol. The first-order valence-electron chi connectivity index (χ1n) is 11.4. The van der Waals surface area contributed by atoms with Crippen LogP contribution in [0.2, 0.25) is 5.02 Å². The number of nitrogens with zero attached hydrogens (tertiary/aromatic N) is 3. The Balaban J connectivity index is 1.55. The Bertz CT molecular complexity index is 1250. The summed E-state index contributed by atoms with van der Waals surface area (Å²) < 4.78 is 29.0. The molecule has 1 aromatic carbocycles. The lowest BCUT2D eigenvalue weighted by Gasteiger charge is -2.43. The van der Waals surface area contributed by atoms with Crippen LogP contribution in [0, 0.1) is 30.9 Å². The van der Waals surface area contributed by atoms with Crippen LogP contribution >= 0.6 is 11.6 Å². The topological polar surface area (TPSA) is 94.1 Å². The van der Waals surface area contributed by atoms with E-state index < -0.39 is 23.0 Å². The van der Waals surface area contributed by atoms with Crippen molar-refractivity contribution in [3.05, 3.63) is 69.5 Å². The lowest BCUT2D eigenvalue weighted by Crippen LogP contribution is -2.49. The summed E-state index contributed by atoms with van der Waals surface area (Å²) in [5.74, 6) is -1.48. The van der Waals surface area contributed by atoms with Crippen molar-refractivity contribution in [2.45, 2.75) is 52.6 Å². The molecule has 7 nitrogen and oxygen atoms in total. The van der Waals surface area contributed by atoms with Gasteiger partial charge in [-0.25, -0.2) is 13.8 Å². The molecule has 4 rings (SSSR count). The maximum atomic E-state index is 14.6. The fourth-order valence-electron chi connectivity index (χ4n) is 4.74. The standard InChI is InChI=1S/C25H28ClF2N5O2/c1-14-9-19(27)23(30-21-10-15(2)31-32-21)29-20(14)12-25(24(34)35)7-8-33(16(3)11-25)13-17-5-4-6-18(26)22(17)28/h4-6,9-10,16H,7-8,11-13H2,1-3H3,(H,34,35)(H2,29,30,31,32)/t16-,25-/m1/s1. The van der Waals surface area contributed by atoms with Crippen molar-refractivity contribution in [1.29, 1.82) is 0 Å². The van der Waals surface area contributed by atoms with Crippen molar-refractivity contribution in [2.75, 3.05) is 11.9 Å². The summed E-state index contributed by atoms with van der Waals surface area (Å²) in [7, 11) is 0. The molecule has 0 saturated carbocycles. The van der Waals surface area contributed by atoms with Crippen LogP contribution in [0.15, 0.2) is 30.3 Å². The highest BCUT2D eigenvalue weighted by Crippen LogP contribution is 2.40. The van der Waals surface area contributed by atoms with Crippen LogP contribution in [0.1, 0.15) is 42.3 Å². The Morgan fingerprint density at radius 1 is 1.34 bits per heavy atom. The number of carboxylic acid groups (broad SMARTS) is 1. The largest absolute Gasteiger partial charge is 0.481 e. The van der Waals surface area contributed by atoms with Crippen LogP contribution in [-0.2, 0) is 17.8 Å². The number of halogens is 3. The zero-order chi connectivity index (χ0) is 25.3. The van der Waals surface area contributed by atoms with E-state index in [1.807, 2.05) is 13.8 Å². The molecule has 0 unspecified atom stereocenters. The molecule has 3 heterocycles. The van der Waals surface area contributed by atoms with Crippen molar-refractivity contribution >= 4 is 29.2 Å². The number of nitrogens with one attached hydrogen (secondary N) is 2. The molecule has 3 aromatic rings. The Hall–Kier alpha value is -3.04. The van der Waals surface area contributed by atoms with Crippen molar-refractivity contribution in [1.82, 2.24) is 20.1 Å². The lowest BCUT2D eigenvalue weighted by molar-refractivity contribution is -0.153. The molecule has 0 aliphatic carbocycles. The highest BCUT2D eigenvalue weighted by Gasteiger charge is 2.45. The number of aryl methyl sites for hydroxylation is 2. The highest BCUT2D eigenvalue weighted by atomic mass is 35.5. The number of carboxylic acids is 1. The number of aromatic nitrogens is 3. The van der Waals surface area contributed by atoms with Crippen LogP contribution in [0.3, 0.4) is 0 Å². The molecule has 0 spiro atoms. The molecule has 0 bridgehead atoms. The number of aliphatic carboxylic acids is 1. The van der Waals surface area contributed by atoms with Crippen LogP contribution in [-0.4, -0.2) is 43.7 Å². The molecule has 3 N–H and O–H groups in total. The van der Waals surface area contributed by atoms with E-state index in [4.69, 9.17) is 11.6 Å². The molecule has 35 heavy (non-hydrogen) atoms. The first-order chi connectivity index (χ1) is 16.6. The Kier molecular flexibility index (Phi) is 7.10. The summed E-state index contributed by atoms with van der Waals surface area (Å²) in [6.45, 7) is 6.31. The minimum Gasteiger partial charge on any atom is -0.481 e. The third-order valence-electron chi connectivity index (χ3n) is 6.78. The second-order valence-electron chi connectivity index (χ2n) is 9.39. The number of H-pyrrole nitrogens is 1. The van der Waals surface area contributed by atoms with Gasteiger partial charge in [-0.15, -0.1) is 0 Å². The van der Waals surface area contributed by atoms with Gasteiger partial charge < -0.3 is 10.4 Å². The quantitative estimate of drug-likeness (QED) is 0.400. The van der Waals surface area contributed by atoms with Crippen molar-refractivity contribution in [3.8, 4) is 0 Å². The number of benzene rings is 1. The van der Waals surface area contributed by atoms with Gasteiger partial charge in [-0.05, 0) is 57.9 Å². The van der Waals surface area contributed by atoms with E-state index >= 15 is 0 Å². The van der Waals surface area contributed by atoms with Gasteiger partial charge in [-0.3, -0.25) is 14.8 Å². The Labute approximate surface area is 207 Å². The smallest absolute Gasteiger partial charge is 0.310 e. The van der Waals surface area contributed by atoms with Crippen LogP contribution in [0.5, 0.6) is 0 Å². The maximum absolute atomic E-state index is 14.6. The molecule has 1 fully saturated rings. The summed E-state index contributed by atoms with van der Waals surface area (Å²) in [4.78, 5) is 19.0. The minimum atomic E-state index is -1.07. The van der Waals surface area contributed by atoms with Crippen LogP contribution in [0.25, 0.3) is 0 Å². The lowest BCUT2D eigenvalue weighted by atomic mass is 9.72. The Morgan fingerprint density at radius 2 is 2.11 bits per heavy atom. The molecule has 2 aromatic heterocycles. The minimum absolute atomic E-state index is 0.000412. The maximum Gasteiger partial charge on any atom is 0.310 e. The number of anilines is 2. The number of rotatable bonds is 7. The van der Waals surface area contributed by atoms with Crippen molar-refractivity contribution in [2.24, 2.45) is 5.41 Å². The van der Waals surface area contributed by atoms with E-state index in [1.54, 1.807) is 25.1 Å². The summed E-state index contributed by atoms with van der Waals surface area (Å²) in [5.41, 5.74) is 1.32. The molecule has 10 heteroatoms. The van der Waals surface area contributed by atoms with Crippen molar-refractivity contribution < 1.29 is 18.7 Å². The number of likely N-dealkylation sites (tertiary alicyclic amines) is 1. The van der Waals surface area contributed by atoms with Gasteiger partial charge in [0.05, 0.1) is 10.4 Å².